The van der Waals surface area contributed by atoms with Crippen LogP contribution in [0.3, 0.4) is 0 Å². The molecule has 1 atom stereocenters. The van der Waals surface area contributed by atoms with E-state index in [9.17, 15) is 0 Å². The topological polar surface area (TPSA) is 0 Å². The highest BCUT2D eigenvalue weighted by molar-refractivity contribution is 9.10. The first-order valence-corrected chi connectivity index (χ1v) is 12.5. The molecule has 0 N–H and O–H groups in total. The Labute approximate surface area is 203 Å². The fraction of sp³-hybridized carbons (Fsp3) is 0.267. The van der Waals surface area contributed by atoms with E-state index >= 15 is 0 Å². The largest absolute Gasteiger partial charge is 0.139 e. The molecule has 0 saturated heterocycles. The smallest absolute Gasteiger partial charge is 0.0889 e. The molecule has 3 aromatic carbocycles. The predicted molar refractivity (Wildman–Crippen MR) is 146 cm³/mol. The molecular weight excluding hydrogens is 451 g/mol. The maximum Gasteiger partial charge on any atom is 0.139 e. The van der Waals surface area contributed by atoms with Gasteiger partial charge in [0.2, 0.25) is 0 Å². The van der Waals surface area contributed by atoms with Gasteiger partial charge in [0.25, 0.3) is 0 Å². The molecule has 0 spiro atoms. The average Bonchev–Trinajstić information content (AvgIpc) is 2.80. The standard InChI is InChI=1S/C30H32BBr/c1-21(2)20-30(3,26-12-4-22(5-13-26)24-8-16-28(31)17-9-24)27-14-6-23(7-15-27)25-10-18-29(32)19-11-25/h4-6,8-14,16-19,21H,7,15,20,31H2,1-3H3. The van der Waals surface area contributed by atoms with E-state index in [1.165, 1.54) is 33.3 Å². The summed E-state index contributed by atoms with van der Waals surface area (Å²) in [5, 5.41) is 0. The van der Waals surface area contributed by atoms with Gasteiger partial charge in [0.1, 0.15) is 7.85 Å². The molecule has 1 unspecified atom stereocenters. The Morgan fingerprint density at radius 2 is 1.34 bits per heavy atom. The monoisotopic (exact) mass is 482 g/mol. The van der Waals surface area contributed by atoms with Crippen molar-refractivity contribution >= 4 is 34.8 Å². The second-order valence-electron chi connectivity index (χ2n) is 9.76. The van der Waals surface area contributed by atoms with E-state index in [1.54, 1.807) is 5.57 Å². The van der Waals surface area contributed by atoms with Crippen LogP contribution in [0.25, 0.3) is 16.7 Å². The summed E-state index contributed by atoms with van der Waals surface area (Å²) in [7, 11) is 2.14. The predicted octanol–water partition coefficient (Wildman–Crippen LogP) is 7.48. The van der Waals surface area contributed by atoms with Gasteiger partial charge < -0.3 is 0 Å². The van der Waals surface area contributed by atoms with Crippen molar-refractivity contribution in [3.8, 4) is 11.1 Å². The van der Waals surface area contributed by atoms with Crippen LogP contribution in [-0.2, 0) is 5.41 Å². The maximum atomic E-state index is 3.55. The van der Waals surface area contributed by atoms with Gasteiger partial charge in [-0.15, -0.1) is 0 Å². The molecule has 4 rings (SSSR count). The third-order valence-corrected chi connectivity index (χ3v) is 7.33. The number of halogens is 1. The lowest BCUT2D eigenvalue weighted by molar-refractivity contribution is 0.410. The average molecular weight is 483 g/mol. The molecule has 0 heterocycles. The van der Waals surface area contributed by atoms with Gasteiger partial charge in [0, 0.05) is 9.89 Å². The maximum absolute atomic E-state index is 3.55. The van der Waals surface area contributed by atoms with E-state index < -0.39 is 0 Å². The van der Waals surface area contributed by atoms with Crippen LogP contribution in [-0.4, -0.2) is 7.85 Å². The molecular formula is C30H32BBr. The van der Waals surface area contributed by atoms with Crippen molar-refractivity contribution in [1.29, 1.82) is 0 Å². The molecule has 0 bridgehead atoms. The summed E-state index contributed by atoms with van der Waals surface area (Å²) in [5.41, 5.74) is 9.67. The molecule has 2 heteroatoms. The van der Waals surface area contributed by atoms with Crippen molar-refractivity contribution < 1.29 is 0 Å². The van der Waals surface area contributed by atoms with Gasteiger partial charge in [0.05, 0.1) is 0 Å². The molecule has 32 heavy (non-hydrogen) atoms. The summed E-state index contributed by atoms with van der Waals surface area (Å²) in [6.07, 6.45) is 8.12. The van der Waals surface area contributed by atoms with Gasteiger partial charge in [-0.1, -0.05) is 121 Å². The van der Waals surface area contributed by atoms with E-state index in [0.717, 1.165) is 23.7 Å². The van der Waals surface area contributed by atoms with E-state index in [-0.39, 0.29) is 5.41 Å². The highest BCUT2D eigenvalue weighted by Gasteiger charge is 2.32. The normalized spacial score (nSPS) is 15.8. The van der Waals surface area contributed by atoms with Gasteiger partial charge in [-0.3, -0.25) is 0 Å². The lowest BCUT2D eigenvalue weighted by Crippen LogP contribution is -2.27. The van der Waals surface area contributed by atoms with Crippen LogP contribution < -0.4 is 5.46 Å². The molecule has 1 aliphatic carbocycles. The van der Waals surface area contributed by atoms with E-state index in [4.69, 9.17) is 0 Å². The van der Waals surface area contributed by atoms with Gasteiger partial charge in [-0.2, -0.15) is 0 Å². The molecule has 0 fully saturated rings. The van der Waals surface area contributed by atoms with Crippen LogP contribution in [0, 0.1) is 5.92 Å². The van der Waals surface area contributed by atoms with Gasteiger partial charge in [-0.25, -0.2) is 0 Å². The summed E-state index contributed by atoms with van der Waals surface area (Å²) < 4.78 is 1.13. The minimum Gasteiger partial charge on any atom is -0.0889 e. The first-order valence-electron chi connectivity index (χ1n) is 11.7. The second kappa shape index (κ2) is 9.67. The molecule has 0 radical (unpaired) electrons. The Kier molecular flexibility index (Phi) is 6.91. The Morgan fingerprint density at radius 3 is 1.88 bits per heavy atom. The molecule has 0 amide bonds. The summed E-state index contributed by atoms with van der Waals surface area (Å²) in [6, 6.07) is 26.8. The fourth-order valence-corrected chi connectivity index (χ4v) is 5.29. The lowest BCUT2D eigenvalue weighted by atomic mass is 9.68. The van der Waals surface area contributed by atoms with Crippen molar-refractivity contribution in [1.82, 2.24) is 0 Å². The number of rotatable bonds is 6. The number of hydrogen-bond donors (Lipinski definition) is 0. The summed E-state index contributed by atoms with van der Waals surface area (Å²) in [5.74, 6) is 0.634. The Hall–Kier alpha value is -2.32. The summed E-state index contributed by atoms with van der Waals surface area (Å²) >= 11 is 3.55. The Morgan fingerprint density at radius 1 is 0.781 bits per heavy atom. The van der Waals surface area contributed by atoms with Crippen LogP contribution in [0.5, 0.6) is 0 Å². The van der Waals surface area contributed by atoms with Crippen LogP contribution in [0.4, 0.5) is 0 Å². The first-order chi connectivity index (χ1) is 15.3. The SMILES string of the molecule is Bc1ccc(-c2ccc(C(C)(CC(C)C)C3=CC=C(c4ccc(Br)cc4)CC3)cc2)cc1. The van der Waals surface area contributed by atoms with Gasteiger partial charge >= 0.3 is 0 Å². The van der Waals surface area contributed by atoms with Crippen molar-refractivity contribution in [2.24, 2.45) is 5.92 Å². The molecule has 3 aromatic rings. The molecule has 0 saturated carbocycles. The lowest BCUT2D eigenvalue weighted by Gasteiger charge is -2.36. The van der Waals surface area contributed by atoms with Crippen LogP contribution in [0.1, 0.15) is 51.2 Å². The quantitative estimate of drug-likeness (QED) is 0.319. The number of hydrogen-bond acceptors (Lipinski definition) is 0. The van der Waals surface area contributed by atoms with Crippen LogP contribution >= 0.6 is 15.9 Å². The zero-order chi connectivity index (χ0) is 22.7. The highest BCUT2D eigenvalue weighted by Crippen LogP contribution is 2.43. The summed E-state index contributed by atoms with van der Waals surface area (Å²) in [6.45, 7) is 7.12. The van der Waals surface area contributed by atoms with Gasteiger partial charge in [-0.05, 0) is 65.1 Å². The van der Waals surface area contributed by atoms with E-state index in [1.807, 2.05) is 0 Å². The molecule has 0 aromatic heterocycles. The van der Waals surface area contributed by atoms with Crippen molar-refractivity contribution in [2.75, 3.05) is 0 Å². The number of allylic oxidation sites excluding steroid dienone is 4. The highest BCUT2D eigenvalue weighted by atomic mass is 79.9. The van der Waals surface area contributed by atoms with Crippen molar-refractivity contribution in [2.45, 2.75) is 45.4 Å². The molecule has 162 valence electrons. The summed E-state index contributed by atoms with van der Waals surface area (Å²) in [4.78, 5) is 0. The minimum absolute atomic E-state index is 0.0573. The van der Waals surface area contributed by atoms with E-state index in [2.05, 4.69) is 129 Å². The second-order valence-corrected chi connectivity index (χ2v) is 10.7. The Balaban J connectivity index is 1.65. The van der Waals surface area contributed by atoms with Crippen molar-refractivity contribution in [3.63, 3.8) is 0 Å². The zero-order valence-corrected chi connectivity index (χ0v) is 21.2. The Bertz CT molecular complexity index is 1120. The molecule has 0 aliphatic heterocycles. The number of benzene rings is 3. The third kappa shape index (κ3) is 5.02. The molecule has 1 aliphatic rings. The third-order valence-electron chi connectivity index (χ3n) is 6.80. The molecule has 0 nitrogen and oxygen atoms in total. The van der Waals surface area contributed by atoms with Gasteiger partial charge in [0.15, 0.2) is 0 Å². The minimum atomic E-state index is 0.0573. The van der Waals surface area contributed by atoms with Crippen LogP contribution in [0.15, 0.2) is 95.0 Å². The first kappa shape index (κ1) is 22.9. The van der Waals surface area contributed by atoms with E-state index in [0.29, 0.717) is 5.92 Å². The van der Waals surface area contributed by atoms with Crippen molar-refractivity contribution in [3.05, 3.63) is 106 Å². The van der Waals surface area contributed by atoms with Crippen LogP contribution in [0.2, 0.25) is 0 Å². The zero-order valence-electron chi connectivity index (χ0n) is 19.7. The fourth-order valence-electron chi connectivity index (χ4n) is 5.03.